The Bertz CT molecular complexity index is 1040. The van der Waals surface area contributed by atoms with Gasteiger partial charge in [0.1, 0.15) is 5.82 Å². The van der Waals surface area contributed by atoms with E-state index < -0.39 is 0 Å². The molecule has 0 aliphatic carbocycles. The first kappa shape index (κ1) is 20.1. The molecule has 7 nitrogen and oxygen atoms in total. The number of aryl methyl sites for hydroxylation is 1. The topological polar surface area (TPSA) is 90.1 Å². The van der Waals surface area contributed by atoms with Crippen LogP contribution in [0.2, 0.25) is 0 Å². The van der Waals surface area contributed by atoms with Crippen LogP contribution in [0.1, 0.15) is 16.8 Å². The number of para-hydroxylation sites is 1. The highest BCUT2D eigenvalue weighted by atomic mass is 16.2. The van der Waals surface area contributed by atoms with E-state index in [4.69, 9.17) is 0 Å². The van der Waals surface area contributed by atoms with Gasteiger partial charge in [0.2, 0.25) is 11.8 Å². The van der Waals surface area contributed by atoms with Gasteiger partial charge >= 0.3 is 0 Å². The van der Waals surface area contributed by atoms with Crippen molar-refractivity contribution in [1.29, 1.82) is 0 Å². The van der Waals surface area contributed by atoms with Crippen molar-refractivity contribution in [3.8, 4) is 0 Å². The molecule has 0 spiro atoms. The van der Waals surface area contributed by atoms with E-state index in [1.165, 1.54) is 0 Å². The molecule has 0 aliphatic rings. The highest BCUT2D eigenvalue weighted by Gasteiger charge is 2.12. The zero-order chi connectivity index (χ0) is 20.8. The maximum atomic E-state index is 12.5. The Kier molecular flexibility index (Phi) is 6.29. The van der Waals surface area contributed by atoms with Crippen molar-refractivity contribution in [2.45, 2.75) is 13.5 Å². The fourth-order valence-corrected chi connectivity index (χ4v) is 3.02. The van der Waals surface area contributed by atoms with E-state index in [1.54, 1.807) is 43.4 Å². The molecule has 3 rings (SSSR count). The molecule has 0 unspecified atom stereocenters. The number of nitrogens with one attached hydrogen (secondary N) is 3. The van der Waals surface area contributed by atoms with Gasteiger partial charge in [0.15, 0.2) is 0 Å². The number of benzene rings is 1. The van der Waals surface area contributed by atoms with E-state index in [1.807, 2.05) is 31.2 Å². The number of hydrogen-bond acceptors (Lipinski definition) is 4. The Morgan fingerprint density at radius 1 is 1.21 bits per heavy atom. The number of anilines is 1. The average molecular weight is 391 g/mol. The summed E-state index contributed by atoms with van der Waals surface area (Å²) >= 11 is 0. The summed E-state index contributed by atoms with van der Waals surface area (Å²) in [5.74, 6) is 0.398. The highest BCUT2D eigenvalue weighted by molar-refractivity contribution is 5.92. The van der Waals surface area contributed by atoms with Gasteiger partial charge < -0.3 is 20.5 Å². The molecule has 0 fully saturated rings. The van der Waals surface area contributed by atoms with E-state index in [0.717, 1.165) is 27.7 Å². The summed E-state index contributed by atoms with van der Waals surface area (Å²) in [5.41, 5.74) is 4.07. The molecular formula is C22H25N5O2. The molecule has 1 aromatic carbocycles. The zero-order valence-electron chi connectivity index (χ0n) is 16.8. The van der Waals surface area contributed by atoms with Gasteiger partial charge in [-0.25, -0.2) is 4.98 Å². The normalized spacial score (nSPS) is 11.0. The number of likely N-dealkylation sites (N-methyl/N-ethyl adjacent to an activating group) is 2. The van der Waals surface area contributed by atoms with Crippen molar-refractivity contribution in [1.82, 2.24) is 20.2 Å². The van der Waals surface area contributed by atoms with Crippen LogP contribution in [-0.4, -0.2) is 47.3 Å². The lowest BCUT2D eigenvalue weighted by Gasteiger charge is -2.15. The van der Waals surface area contributed by atoms with Gasteiger partial charge in [-0.15, -0.1) is 0 Å². The second-order valence-corrected chi connectivity index (χ2v) is 6.81. The monoisotopic (exact) mass is 391 g/mol. The summed E-state index contributed by atoms with van der Waals surface area (Å²) in [6.45, 7) is 2.71. The molecule has 0 bridgehead atoms. The molecule has 2 amide bonds. The van der Waals surface area contributed by atoms with Crippen molar-refractivity contribution in [3.63, 3.8) is 0 Å². The quantitative estimate of drug-likeness (QED) is 0.540. The number of carbonyl (C=O) groups is 2. The van der Waals surface area contributed by atoms with Crippen LogP contribution < -0.4 is 10.6 Å². The third kappa shape index (κ3) is 5.01. The third-order valence-electron chi connectivity index (χ3n) is 4.71. The van der Waals surface area contributed by atoms with Crippen molar-refractivity contribution in [3.05, 3.63) is 65.5 Å². The largest absolute Gasteiger partial charge is 0.361 e. The number of carbonyl (C=O) groups excluding carboxylic acids is 2. The van der Waals surface area contributed by atoms with Crippen LogP contribution in [0.5, 0.6) is 0 Å². The Morgan fingerprint density at radius 3 is 2.72 bits per heavy atom. The fraction of sp³-hybridized carbons (Fsp3) is 0.227. The van der Waals surface area contributed by atoms with Crippen LogP contribution in [0.4, 0.5) is 5.82 Å². The summed E-state index contributed by atoms with van der Waals surface area (Å²) in [6, 6.07) is 11.7. The third-order valence-corrected chi connectivity index (χ3v) is 4.71. The summed E-state index contributed by atoms with van der Waals surface area (Å²) in [5, 5.41) is 6.60. The number of H-pyrrole nitrogens is 1. The van der Waals surface area contributed by atoms with Gasteiger partial charge in [0.05, 0.1) is 6.54 Å². The molecule has 0 radical (unpaired) electrons. The number of rotatable bonds is 7. The van der Waals surface area contributed by atoms with E-state index in [9.17, 15) is 9.59 Å². The molecule has 3 aromatic rings. The summed E-state index contributed by atoms with van der Waals surface area (Å²) in [6.07, 6.45) is 4.93. The van der Waals surface area contributed by atoms with Crippen molar-refractivity contribution in [2.75, 3.05) is 26.0 Å². The Labute approximate surface area is 169 Å². The van der Waals surface area contributed by atoms with E-state index in [-0.39, 0.29) is 18.4 Å². The van der Waals surface area contributed by atoms with Crippen LogP contribution in [0.15, 0.2) is 48.7 Å². The lowest BCUT2D eigenvalue weighted by atomic mass is 10.1. The van der Waals surface area contributed by atoms with Crippen molar-refractivity contribution >= 4 is 34.6 Å². The number of aromatic nitrogens is 2. The molecule has 0 saturated carbocycles. The van der Waals surface area contributed by atoms with Gasteiger partial charge in [-0.1, -0.05) is 18.2 Å². The number of nitrogens with zero attached hydrogens (tertiary/aromatic N) is 2. The number of pyridine rings is 1. The molecular weight excluding hydrogens is 366 g/mol. The van der Waals surface area contributed by atoms with Crippen LogP contribution in [0.3, 0.4) is 0 Å². The molecule has 3 N–H and O–H groups in total. The number of aromatic amines is 1. The van der Waals surface area contributed by atoms with Crippen LogP contribution in [0, 0.1) is 6.92 Å². The molecule has 7 heteroatoms. The number of fused-ring (bicyclic) bond motifs is 1. The molecule has 0 atom stereocenters. The van der Waals surface area contributed by atoms with E-state index >= 15 is 0 Å². The second kappa shape index (κ2) is 9.05. The van der Waals surface area contributed by atoms with Gasteiger partial charge in [0.25, 0.3) is 0 Å². The molecule has 150 valence electrons. The van der Waals surface area contributed by atoms with Crippen LogP contribution in [-0.2, 0) is 16.1 Å². The average Bonchev–Trinajstić information content (AvgIpc) is 3.06. The predicted molar refractivity (Wildman–Crippen MR) is 115 cm³/mol. The Morgan fingerprint density at radius 2 is 2.00 bits per heavy atom. The van der Waals surface area contributed by atoms with Gasteiger partial charge in [-0.05, 0) is 42.3 Å². The minimum Gasteiger partial charge on any atom is -0.361 e. The molecule has 2 aromatic heterocycles. The maximum Gasteiger partial charge on any atom is 0.246 e. The van der Waals surface area contributed by atoms with Gasteiger partial charge in [-0.2, -0.15) is 0 Å². The first-order valence-corrected chi connectivity index (χ1v) is 9.38. The van der Waals surface area contributed by atoms with Crippen LogP contribution in [0.25, 0.3) is 17.0 Å². The Hall–Kier alpha value is -3.61. The minimum absolute atomic E-state index is 0.0866. The van der Waals surface area contributed by atoms with Gasteiger partial charge in [0, 0.05) is 49.5 Å². The van der Waals surface area contributed by atoms with Crippen LogP contribution >= 0.6 is 0 Å². The number of amides is 2. The lowest BCUT2D eigenvalue weighted by Crippen LogP contribution is -2.26. The number of hydrogen-bond donors (Lipinski definition) is 3. The fourth-order valence-electron chi connectivity index (χ4n) is 3.02. The second-order valence-electron chi connectivity index (χ2n) is 6.81. The first-order chi connectivity index (χ1) is 14.0. The predicted octanol–water partition coefficient (Wildman–Crippen LogP) is 2.70. The SMILES string of the molecule is CNC(=O)CNc1ccc(C=CC(=O)N(C)Cc2c(C)[nH]c3ccccc23)cn1. The molecule has 2 heterocycles. The first-order valence-electron chi connectivity index (χ1n) is 9.38. The molecule has 29 heavy (non-hydrogen) atoms. The molecule has 0 saturated heterocycles. The summed E-state index contributed by atoms with van der Waals surface area (Å²) in [4.78, 5) is 33.1. The molecule has 0 aliphatic heterocycles. The van der Waals surface area contributed by atoms with E-state index in [2.05, 4.69) is 26.7 Å². The standard InChI is InChI=1S/C22H25N5O2/c1-15-18(17-6-4-5-7-19(17)26-15)14-27(3)22(29)11-9-16-8-10-20(24-12-16)25-13-21(28)23-2/h4-12,26H,13-14H2,1-3H3,(H,23,28)(H,24,25). The smallest absolute Gasteiger partial charge is 0.246 e. The van der Waals surface area contributed by atoms with Gasteiger partial charge in [-0.3, -0.25) is 9.59 Å². The van der Waals surface area contributed by atoms with E-state index in [0.29, 0.717) is 12.4 Å². The maximum absolute atomic E-state index is 12.5. The highest BCUT2D eigenvalue weighted by Crippen LogP contribution is 2.23. The summed E-state index contributed by atoms with van der Waals surface area (Å²) < 4.78 is 0. The summed E-state index contributed by atoms with van der Waals surface area (Å²) in [7, 11) is 3.37. The van der Waals surface area contributed by atoms with Crippen molar-refractivity contribution in [2.24, 2.45) is 0 Å². The Balaban J connectivity index is 1.61. The van der Waals surface area contributed by atoms with Crippen molar-refractivity contribution < 1.29 is 9.59 Å². The zero-order valence-corrected chi connectivity index (χ0v) is 16.8. The lowest BCUT2D eigenvalue weighted by molar-refractivity contribution is -0.125. The minimum atomic E-state index is -0.116.